The van der Waals surface area contributed by atoms with Gasteiger partial charge in [-0.15, -0.1) is 11.3 Å². The first-order valence-corrected chi connectivity index (χ1v) is 11.5. The molecular formula is C23H31N3O3S. The molecule has 1 N–H and O–H groups in total. The fourth-order valence-electron chi connectivity index (χ4n) is 3.29. The Morgan fingerprint density at radius 3 is 2.83 bits per heavy atom. The van der Waals surface area contributed by atoms with E-state index in [-0.39, 0.29) is 23.8 Å². The molecule has 0 saturated carbocycles. The number of fused-ring (bicyclic) bond motifs is 1. The van der Waals surface area contributed by atoms with E-state index < -0.39 is 0 Å². The highest BCUT2D eigenvalue weighted by atomic mass is 32.1. The fraction of sp³-hybridized carbons (Fsp3) is 0.522. The molecule has 2 amide bonds. The highest BCUT2D eigenvalue weighted by molar-refractivity contribution is 7.09. The van der Waals surface area contributed by atoms with E-state index in [4.69, 9.17) is 4.74 Å². The number of nitrogens with zero attached hydrogens (tertiary/aromatic N) is 2. The van der Waals surface area contributed by atoms with Crippen LogP contribution >= 0.6 is 11.3 Å². The second-order valence-corrected chi connectivity index (χ2v) is 9.22. The van der Waals surface area contributed by atoms with E-state index in [1.807, 2.05) is 12.1 Å². The highest BCUT2D eigenvalue weighted by Gasteiger charge is 2.29. The zero-order chi connectivity index (χ0) is 21.7. The number of nitrogens with one attached hydrogen (secondary N) is 1. The van der Waals surface area contributed by atoms with Crippen molar-refractivity contribution in [1.82, 2.24) is 10.3 Å². The zero-order valence-electron chi connectivity index (χ0n) is 18.3. The lowest BCUT2D eigenvalue weighted by Gasteiger charge is -2.31. The molecule has 0 spiro atoms. The van der Waals surface area contributed by atoms with Gasteiger partial charge in [-0.25, -0.2) is 4.98 Å². The smallest absolute Gasteiger partial charge is 0.270 e. The Balaban J connectivity index is 1.76. The summed E-state index contributed by atoms with van der Waals surface area (Å²) in [7, 11) is 0. The molecule has 0 aliphatic carbocycles. The van der Waals surface area contributed by atoms with Crippen molar-refractivity contribution in [3.8, 4) is 5.75 Å². The summed E-state index contributed by atoms with van der Waals surface area (Å²) in [6, 6.07) is 6.06. The number of unbranched alkanes of at least 4 members (excludes halogenated alkanes) is 2. The van der Waals surface area contributed by atoms with E-state index in [2.05, 4.69) is 44.1 Å². The van der Waals surface area contributed by atoms with Gasteiger partial charge < -0.3 is 10.1 Å². The molecule has 162 valence electrons. The van der Waals surface area contributed by atoms with Crippen LogP contribution in [0.3, 0.4) is 0 Å². The number of amides is 2. The summed E-state index contributed by atoms with van der Waals surface area (Å²) < 4.78 is 5.64. The Morgan fingerprint density at radius 1 is 1.30 bits per heavy atom. The first-order chi connectivity index (χ1) is 14.4. The molecular weight excluding hydrogens is 398 g/mol. The van der Waals surface area contributed by atoms with Gasteiger partial charge in [0.25, 0.3) is 11.8 Å². The standard InChI is InChI=1S/C23H31N3O3S/c1-5-7-8-11-24-22(28)17-15-30-20(25-17)13-26-18-12-16(23(3,4)6-2)9-10-19(18)29-14-21(26)27/h9-10,12,15H,5-8,11,13-14H2,1-4H3,(H,24,28). The molecule has 1 aromatic carbocycles. The van der Waals surface area contributed by atoms with Crippen LogP contribution in [0.5, 0.6) is 5.75 Å². The van der Waals surface area contributed by atoms with Crippen molar-refractivity contribution in [2.75, 3.05) is 18.1 Å². The van der Waals surface area contributed by atoms with Gasteiger partial charge >= 0.3 is 0 Å². The summed E-state index contributed by atoms with van der Waals surface area (Å²) >= 11 is 1.40. The lowest BCUT2D eigenvalue weighted by atomic mass is 9.82. The van der Waals surface area contributed by atoms with Gasteiger partial charge in [-0.05, 0) is 36.0 Å². The number of hydrogen-bond acceptors (Lipinski definition) is 5. The molecule has 2 heterocycles. The van der Waals surface area contributed by atoms with E-state index in [9.17, 15) is 9.59 Å². The van der Waals surface area contributed by atoms with E-state index in [1.54, 1.807) is 10.3 Å². The number of rotatable bonds is 9. The first kappa shape index (κ1) is 22.3. The Hall–Kier alpha value is -2.41. The highest BCUT2D eigenvalue weighted by Crippen LogP contribution is 2.38. The second kappa shape index (κ2) is 9.60. The number of thiazole rings is 1. The van der Waals surface area contributed by atoms with Gasteiger partial charge in [0.1, 0.15) is 16.5 Å². The van der Waals surface area contributed by atoms with Crippen LogP contribution < -0.4 is 15.0 Å². The maximum Gasteiger partial charge on any atom is 0.270 e. The summed E-state index contributed by atoms with van der Waals surface area (Å²) in [5.41, 5.74) is 2.35. The average molecular weight is 430 g/mol. The molecule has 1 aromatic heterocycles. The van der Waals surface area contributed by atoms with Crippen molar-refractivity contribution in [3.63, 3.8) is 0 Å². The molecule has 6 nitrogen and oxygen atoms in total. The third kappa shape index (κ3) is 5.01. The molecule has 0 fully saturated rings. The molecule has 0 bridgehead atoms. The van der Waals surface area contributed by atoms with Crippen LogP contribution in [0.1, 0.15) is 74.4 Å². The Morgan fingerprint density at radius 2 is 2.10 bits per heavy atom. The molecule has 3 rings (SSSR count). The molecule has 30 heavy (non-hydrogen) atoms. The normalized spacial score (nSPS) is 13.7. The van der Waals surface area contributed by atoms with Gasteiger partial charge in [-0.1, -0.05) is 46.6 Å². The Labute approximate surface area is 182 Å². The lowest BCUT2D eigenvalue weighted by Crippen LogP contribution is -2.38. The number of anilines is 1. The van der Waals surface area contributed by atoms with Crippen LogP contribution in [0.15, 0.2) is 23.6 Å². The van der Waals surface area contributed by atoms with Gasteiger partial charge in [-0.2, -0.15) is 0 Å². The number of aromatic nitrogens is 1. The number of ether oxygens (including phenoxy) is 1. The molecule has 2 aromatic rings. The van der Waals surface area contributed by atoms with Gasteiger partial charge in [0.2, 0.25) is 0 Å². The minimum atomic E-state index is -0.158. The van der Waals surface area contributed by atoms with E-state index >= 15 is 0 Å². The topological polar surface area (TPSA) is 71.5 Å². The number of carbonyl (C=O) groups is 2. The summed E-state index contributed by atoms with van der Waals surface area (Å²) in [6.45, 7) is 9.67. The Bertz CT molecular complexity index is 907. The lowest BCUT2D eigenvalue weighted by molar-refractivity contribution is -0.121. The average Bonchev–Trinajstić information content (AvgIpc) is 3.21. The molecule has 1 aliphatic rings. The Kier molecular flexibility index (Phi) is 7.13. The van der Waals surface area contributed by atoms with Crippen LogP contribution in [0.4, 0.5) is 5.69 Å². The fourth-order valence-corrected chi connectivity index (χ4v) is 4.05. The molecule has 0 unspecified atom stereocenters. The van der Waals surface area contributed by atoms with Crippen LogP contribution in [-0.2, 0) is 16.8 Å². The van der Waals surface area contributed by atoms with Crippen LogP contribution in [-0.4, -0.2) is 29.9 Å². The summed E-state index contributed by atoms with van der Waals surface area (Å²) in [4.78, 5) is 31.1. The van der Waals surface area contributed by atoms with E-state index in [0.717, 1.165) is 36.4 Å². The van der Waals surface area contributed by atoms with Gasteiger partial charge in [0.05, 0.1) is 12.2 Å². The number of hydrogen-bond donors (Lipinski definition) is 1. The SMILES string of the molecule is CCCCCNC(=O)c1csc(CN2C(=O)COc3ccc(C(C)(C)CC)cc32)n1. The predicted octanol–water partition coefficient (Wildman–Crippen LogP) is 4.68. The largest absolute Gasteiger partial charge is 0.482 e. The molecule has 7 heteroatoms. The van der Waals surface area contributed by atoms with Crippen LogP contribution in [0.25, 0.3) is 0 Å². The molecule has 0 saturated heterocycles. The molecule has 0 radical (unpaired) electrons. The predicted molar refractivity (Wildman–Crippen MR) is 120 cm³/mol. The van der Waals surface area contributed by atoms with Gasteiger partial charge in [-0.3, -0.25) is 14.5 Å². The third-order valence-corrected chi connectivity index (χ3v) is 6.54. The first-order valence-electron chi connectivity index (χ1n) is 10.7. The molecule has 1 aliphatic heterocycles. The maximum absolute atomic E-state index is 12.6. The van der Waals surface area contributed by atoms with Crippen molar-refractivity contribution in [3.05, 3.63) is 39.8 Å². The van der Waals surface area contributed by atoms with Crippen molar-refractivity contribution >= 4 is 28.8 Å². The van der Waals surface area contributed by atoms with E-state index in [1.165, 1.54) is 16.9 Å². The van der Waals surface area contributed by atoms with Crippen molar-refractivity contribution in [2.24, 2.45) is 0 Å². The summed E-state index contributed by atoms with van der Waals surface area (Å²) in [5, 5.41) is 5.40. The minimum absolute atomic E-state index is 0.00537. The zero-order valence-corrected chi connectivity index (χ0v) is 19.1. The van der Waals surface area contributed by atoms with Crippen molar-refractivity contribution in [1.29, 1.82) is 0 Å². The van der Waals surface area contributed by atoms with Crippen molar-refractivity contribution < 1.29 is 14.3 Å². The van der Waals surface area contributed by atoms with E-state index in [0.29, 0.717) is 24.5 Å². The minimum Gasteiger partial charge on any atom is -0.482 e. The number of benzene rings is 1. The number of carbonyl (C=O) groups excluding carboxylic acids is 2. The second-order valence-electron chi connectivity index (χ2n) is 8.28. The maximum atomic E-state index is 12.6. The van der Waals surface area contributed by atoms with Crippen molar-refractivity contribution in [2.45, 2.75) is 65.3 Å². The molecule has 0 atom stereocenters. The van der Waals surface area contributed by atoms with Crippen LogP contribution in [0, 0.1) is 0 Å². The summed E-state index contributed by atoms with van der Waals surface area (Å²) in [5.74, 6) is 0.444. The van der Waals surface area contributed by atoms with Gasteiger partial charge in [0.15, 0.2) is 6.61 Å². The quantitative estimate of drug-likeness (QED) is 0.588. The van der Waals surface area contributed by atoms with Gasteiger partial charge in [0, 0.05) is 11.9 Å². The summed E-state index contributed by atoms with van der Waals surface area (Å²) in [6.07, 6.45) is 4.17. The monoisotopic (exact) mass is 429 g/mol. The third-order valence-electron chi connectivity index (χ3n) is 5.71. The van der Waals surface area contributed by atoms with Crippen LogP contribution in [0.2, 0.25) is 0 Å².